The largest absolute Gasteiger partial charge is 0.478 e. The first-order valence-corrected chi connectivity index (χ1v) is 6.00. The number of nitrogens with one attached hydrogen (secondary N) is 1. The molecule has 1 aliphatic carbocycles. The molecule has 0 radical (unpaired) electrons. The molecule has 0 atom stereocenters. The summed E-state index contributed by atoms with van der Waals surface area (Å²) >= 11 is 0. The first kappa shape index (κ1) is 11.9. The third kappa shape index (κ3) is 2.96. The van der Waals surface area contributed by atoms with Crippen molar-refractivity contribution in [3.63, 3.8) is 0 Å². The highest BCUT2D eigenvalue weighted by Gasteiger charge is 2.36. The van der Waals surface area contributed by atoms with Crippen LogP contribution in [0.2, 0.25) is 0 Å². The Morgan fingerprint density at radius 3 is 2.76 bits per heavy atom. The molecular weight excluding hydrogens is 216 g/mol. The van der Waals surface area contributed by atoms with E-state index < -0.39 is 5.97 Å². The van der Waals surface area contributed by atoms with Crippen molar-refractivity contribution in [1.29, 1.82) is 0 Å². The minimum atomic E-state index is -0.900. The van der Waals surface area contributed by atoms with Crippen LogP contribution in [0.25, 0.3) is 0 Å². The van der Waals surface area contributed by atoms with Crippen molar-refractivity contribution in [2.24, 2.45) is 5.41 Å². The van der Waals surface area contributed by atoms with Crippen molar-refractivity contribution in [1.82, 2.24) is 4.98 Å². The molecule has 1 heterocycles. The van der Waals surface area contributed by atoms with Crippen LogP contribution in [0.5, 0.6) is 0 Å². The van der Waals surface area contributed by atoms with Gasteiger partial charge >= 0.3 is 5.97 Å². The van der Waals surface area contributed by atoms with Crippen molar-refractivity contribution >= 4 is 11.8 Å². The van der Waals surface area contributed by atoms with Crippen molar-refractivity contribution in [2.45, 2.75) is 33.1 Å². The Bertz CT molecular complexity index is 439. The first-order chi connectivity index (χ1) is 8.02. The van der Waals surface area contributed by atoms with Gasteiger partial charge in [-0.1, -0.05) is 13.8 Å². The minimum absolute atomic E-state index is 0.306. The van der Waals surface area contributed by atoms with Crippen LogP contribution in [0.1, 0.15) is 42.7 Å². The second kappa shape index (κ2) is 4.35. The summed E-state index contributed by atoms with van der Waals surface area (Å²) in [5.74, 6) is -0.224. The Balaban J connectivity index is 2.14. The van der Waals surface area contributed by atoms with Gasteiger partial charge in [-0.15, -0.1) is 0 Å². The van der Waals surface area contributed by atoms with E-state index in [9.17, 15) is 4.79 Å². The van der Waals surface area contributed by atoms with Crippen molar-refractivity contribution < 1.29 is 9.90 Å². The summed E-state index contributed by atoms with van der Waals surface area (Å²) in [4.78, 5) is 15.4. The van der Waals surface area contributed by atoms with E-state index in [1.165, 1.54) is 12.8 Å². The highest BCUT2D eigenvalue weighted by Crippen LogP contribution is 2.44. The van der Waals surface area contributed by atoms with E-state index in [-0.39, 0.29) is 0 Å². The molecule has 1 saturated carbocycles. The van der Waals surface area contributed by atoms with E-state index >= 15 is 0 Å². The van der Waals surface area contributed by atoms with Crippen LogP contribution in [0.4, 0.5) is 5.82 Å². The fraction of sp³-hybridized carbons (Fsp3) is 0.538. The Morgan fingerprint density at radius 1 is 1.53 bits per heavy atom. The number of hydrogen-bond donors (Lipinski definition) is 2. The Hall–Kier alpha value is -1.58. The molecule has 4 nitrogen and oxygen atoms in total. The predicted molar refractivity (Wildman–Crippen MR) is 66.4 cm³/mol. The van der Waals surface area contributed by atoms with Gasteiger partial charge < -0.3 is 10.4 Å². The molecule has 92 valence electrons. The number of carboxylic acids is 1. The number of hydrogen-bond acceptors (Lipinski definition) is 3. The SMILES string of the molecule is CCc1cc(C(=O)O)cc(NCC2(C)CC2)n1. The van der Waals surface area contributed by atoms with Gasteiger partial charge in [0.05, 0.1) is 5.56 Å². The quantitative estimate of drug-likeness (QED) is 0.822. The van der Waals surface area contributed by atoms with Gasteiger partial charge in [-0.25, -0.2) is 9.78 Å². The third-order valence-electron chi connectivity index (χ3n) is 3.29. The summed E-state index contributed by atoms with van der Waals surface area (Å²) in [6.07, 6.45) is 3.21. The molecule has 0 aromatic carbocycles. The molecule has 0 bridgehead atoms. The second-order valence-corrected chi connectivity index (χ2v) is 5.06. The van der Waals surface area contributed by atoms with Crippen molar-refractivity contribution in [3.8, 4) is 0 Å². The molecule has 2 rings (SSSR count). The van der Waals surface area contributed by atoms with Crippen LogP contribution in [0.3, 0.4) is 0 Å². The summed E-state index contributed by atoms with van der Waals surface area (Å²) in [5.41, 5.74) is 1.50. The van der Waals surface area contributed by atoms with Gasteiger partial charge in [0.15, 0.2) is 0 Å². The molecule has 0 aliphatic heterocycles. The molecular formula is C13H18N2O2. The molecule has 0 amide bonds. The van der Waals surface area contributed by atoms with Crippen LogP contribution in [0, 0.1) is 5.41 Å². The molecule has 1 aliphatic rings. The number of pyridine rings is 1. The maximum atomic E-state index is 11.0. The first-order valence-electron chi connectivity index (χ1n) is 6.00. The highest BCUT2D eigenvalue weighted by atomic mass is 16.4. The number of carboxylic acid groups (broad SMARTS) is 1. The minimum Gasteiger partial charge on any atom is -0.478 e. The van der Waals surface area contributed by atoms with E-state index in [0.29, 0.717) is 16.8 Å². The number of rotatable bonds is 5. The van der Waals surface area contributed by atoms with E-state index in [2.05, 4.69) is 17.2 Å². The fourth-order valence-electron chi connectivity index (χ4n) is 1.68. The van der Waals surface area contributed by atoms with Crippen LogP contribution in [-0.4, -0.2) is 22.6 Å². The number of carbonyl (C=O) groups is 1. The topological polar surface area (TPSA) is 62.2 Å². The maximum absolute atomic E-state index is 11.0. The van der Waals surface area contributed by atoms with Gasteiger partial charge in [0, 0.05) is 12.2 Å². The standard InChI is InChI=1S/C13H18N2O2/c1-3-10-6-9(12(16)17)7-11(15-10)14-8-13(2)4-5-13/h6-7H,3-5,8H2,1-2H3,(H,14,15)(H,16,17). The van der Waals surface area contributed by atoms with E-state index in [1.54, 1.807) is 12.1 Å². The van der Waals surface area contributed by atoms with Gasteiger partial charge in [-0.3, -0.25) is 0 Å². The Morgan fingerprint density at radius 2 is 2.24 bits per heavy atom. The lowest BCUT2D eigenvalue weighted by Gasteiger charge is -2.12. The van der Waals surface area contributed by atoms with Crippen LogP contribution in [0.15, 0.2) is 12.1 Å². The number of aromatic carboxylic acids is 1. The summed E-state index contributed by atoms with van der Waals surface area (Å²) in [6.45, 7) is 5.06. The average Bonchev–Trinajstić information content (AvgIpc) is 3.05. The normalized spacial score (nSPS) is 16.6. The van der Waals surface area contributed by atoms with Gasteiger partial charge in [0.2, 0.25) is 0 Å². The smallest absolute Gasteiger partial charge is 0.335 e. The predicted octanol–water partition coefficient (Wildman–Crippen LogP) is 2.55. The number of nitrogens with zero attached hydrogens (tertiary/aromatic N) is 1. The summed E-state index contributed by atoms with van der Waals surface area (Å²) in [7, 11) is 0. The molecule has 0 saturated heterocycles. The van der Waals surface area contributed by atoms with Gasteiger partial charge in [-0.05, 0) is 36.8 Å². The number of anilines is 1. The molecule has 0 spiro atoms. The third-order valence-corrected chi connectivity index (χ3v) is 3.29. The summed E-state index contributed by atoms with van der Waals surface area (Å²) < 4.78 is 0. The molecule has 1 aromatic rings. The molecule has 2 N–H and O–H groups in total. The zero-order chi connectivity index (χ0) is 12.5. The number of aryl methyl sites for hydroxylation is 1. The lowest BCUT2D eigenvalue weighted by atomic mass is 10.1. The second-order valence-electron chi connectivity index (χ2n) is 5.06. The van der Waals surface area contributed by atoms with Crippen molar-refractivity contribution in [3.05, 3.63) is 23.4 Å². The highest BCUT2D eigenvalue weighted by molar-refractivity contribution is 5.88. The van der Waals surface area contributed by atoms with Crippen molar-refractivity contribution in [2.75, 3.05) is 11.9 Å². The lowest BCUT2D eigenvalue weighted by molar-refractivity contribution is 0.0696. The number of aromatic nitrogens is 1. The average molecular weight is 234 g/mol. The van der Waals surface area contributed by atoms with E-state index in [0.717, 1.165) is 18.7 Å². The van der Waals surface area contributed by atoms with E-state index in [1.807, 2.05) is 6.92 Å². The van der Waals surface area contributed by atoms with Crippen LogP contribution >= 0.6 is 0 Å². The summed E-state index contributed by atoms with van der Waals surface area (Å²) in [6, 6.07) is 3.24. The van der Waals surface area contributed by atoms with Crippen LogP contribution < -0.4 is 5.32 Å². The molecule has 4 heteroatoms. The molecule has 0 unspecified atom stereocenters. The molecule has 1 aromatic heterocycles. The zero-order valence-corrected chi connectivity index (χ0v) is 10.3. The summed E-state index contributed by atoms with van der Waals surface area (Å²) in [5, 5.41) is 12.3. The van der Waals surface area contributed by atoms with Crippen LogP contribution in [-0.2, 0) is 6.42 Å². The Labute approximate surface area is 101 Å². The van der Waals surface area contributed by atoms with E-state index in [4.69, 9.17) is 5.11 Å². The Kier molecular flexibility index (Phi) is 3.05. The van der Waals surface area contributed by atoms with Gasteiger partial charge in [0.25, 0.3) is 0 Å². The fourth-order valence-corrected chi connectivity index (χ4v) is 1.68. The monoisotopic (exact) mass is 234 g/mol. The lowest BCUT2D eigenvalue weighted by Crippen LogP contribution is -2.14. The maximum Gasteiger partial charge on any atom is 0.335 e. The molecule has 17 heavy (non-hydrogen) atoms. The van der Waals surface area contributed by atoms with Gasteiger partial charge in [-0.2, -0.15) is 0 Å². The zero-order valence-electron chi connectivity index (χ0n) is 10.3. The molecule has 1 fully saturated rings. The van der Waals surface area contributed by atoms with Gasteiger partial charge in [0.1, 0.15) is 5.82 Å².